The van der Waals surface area contributed by atoms with Crippen LogP contribution in [0.2, 0.25) is 0 Å². The Morgan fingerprint density at radius 2 is 0.904 bits per heavy atom. The minimum absolute atomic E-state index is 0.470. The highest BCUT2D eigenvalue weighted by Crippen LogP contribution is 2.38. The van der Waals surface area contributed by atoms with E-state index in [9.17, 15) is 19.8 Å². The number of fused-ring (bicyclic) bond motifs is 4. The molecule has 52 heavy (non-hydrogen) atoms. The van der Waals surface area contributed by atoms with Crippen LogP contribution in [-0.2, 0) is 9.59 Å². The van der Waals surface area contributed by atoms with Crippen molar-refractivity contribution in [2.45, 2.75) is 25.7 Å². The van der Waals surface area contributed by atoms with Crippen molar-refractivity contribution in [3.05, 3.63) is 144 Å². The zero-order valence-corrected chi connectivity index (χ0v) is 29.2. The van der Waals surface area contributed by atoms with Crippen molar-refractivity contribution in [3.8, 4) is 23.0 Å². The van der Waals surface area contributed by atoms with Gasteiger partial charge in [0, 0.05) is 58.2 Å². The van der Waals surface area contributed by atoms with E-state index in [4.69, 9.17) is 9.47 Å². The smallest absolute Gasteiger partial charge is 0.135 e. The molecule has 4 aliphatic heterocycles. The number of rotatable bonds is 7. The lowest BCUT2D eigenvalue weighted by atomic mass is 10.0. The van der Waals surface area contributed by atoms with Gasteiger partial charge >= 0.3 is 0 Å². The van der Waals surface area contributed by atoms with Gasteiger partial charge in [0.15, 0.2) is 0 Å². The summed E-state index contributed by atoms with van der Waals surface area (Å²) in [6.07, 6.45) is 15.2. The number of nitrogens with one attached hydrogen (secondary N) is 2. The Morgan fingerprint density at radius 3 is 1.29 bits per heavy atom. The largest absolute Gasteiger partial charge is 0.550 e. The molecule has 4 heterocycles. The molecule has 0 saturated heterocycles. The van der Waals surface area contributed by atoms with Gasteiger partial charge in [-0.1, -0.05) is 84.9 Å². The lowest BCUT2D eigenvalue weighted by Crippen LogP contribution is -3.12. The molecule has 0 amide bonds. The Morgan fingerprint density at radius 1 is 0.519 bits per heavy atom. The minimum Gasteiger partial charge on any atom is -0.550 e. The first-order valence-electron chi connectivity index (χ1n) is 17.9. The Labute approximate surface area is 305 Å². The van der Waals surface area contributed by atoms with Crippen LogP contribution in [0.25, 0.3) is 23.3 Å². The maximum atomic E-state index is 9.50. The zero-order valence-electron chi connectivity index (χ0n) is 29.2. The molecule has 0 radical (unpaired) electrons. The lowest BCUT2D eigenvalue weighted by Gasteiger charge is -2.22. The molecule has 4 aromatic carbocycles. The third-order valence-electron chi connectivity index (χ3n) is 9.29. The highest BCUT2D eigenvalue weighted by molar-refractivity contribution is 5.88. The fourth-order valence-corrected chi connectivity index (χ4v) is 6.67. The number of hydrogen-bond donors (Lipinski definition) is 2. The van der Waals surface area contributed by atoms with E-state index in [1.807, 2.05) is 36.4 Å². The molecule has 0 aromatic heterocycles. The summed E-state index contributed by atoms with van der Waals surface area (Å²) in [4.78, 5) is 22.2. The number of carbonyl (C=O) groups is 2. The molecule has 0 fully saturated rings. The van der Waals surface area contributed by atoms with Gasteiger partial charge in [-0.05, 0) is 61.4 Å². The average Bonchev–Trinajstić information content (AvgIpc) is 3.43. The van der Waals surface area contributed by atoms with Crippen LogP contribution in [0.15, 0.2) is 121 Å². The Bertz CT molecular complexity index is 1850. The van der Waals surface area contributed by atoms with Crippen molar-refractivity contribution in [1.82, 2.24) is 0 Å². The molecule has 4 aliphatic rings. The molecule has 8 heteroatoms. The molecular formula is C44H44N2O6. The van der Waals surface area contributed by atoms with Gasteiger partial charge in [-0.2, -0.15) is 0 Å². The summed E-state index contributed by atoms with van der Waals surface area (Å²) >= 11 is 0. The number of hydrogen-bond acceptors (Lipinski definition) is 6. The molecule has 0 aliphatic carbocycles. The second-order valence-corrected chi connectivity index (χ2v) is 13.1. The van der Waals surface area contributed by atoms with E-state index in [0.29, 0.717) is 0 Å². The Hall–Kier alpha value is -5.70. The Balaban J connectivity index is 0.000000149. The maximum absolute atomic E-state index is 9.50. The van der Waals surface area contributed by atoms with E-state index in [-0.39, 0.29) is 0 Å². The van der Waals surface area contributed by atoms with Crippen LogP contribution in [0.1, 0.15) is 47.9 Å². The number of benzene rings is 4. The number of quaternary nitrogens is 2. The van der Waals surface area contributed by atoms with E-state index < -0.39 is 24.8 Å². The van der Waals surface area contributed by atoms with Gasteiger partial charge in [-0.15, -0.1) is 0 Å². The SMILES string of the molecule is C1=CC[NH+](CC2=Cc3ccccc3Oc3ccccc32)CC1.C1=CC[NH+](CC2=Cc3ccccc3Oc3ccccc32)CC1.O=C([O-])CCC(=O)[O-]. The van der Waals surface area contributed by atoms with E-state index in [2.05, 4.69) is 97.1 Å². The maximum Gasteiger partial charge on any atom is 0.135 e. The first-order chi connectivity index (χ1) is 25.4. The van der Waals surface area contributed by atoms with Gasteiger partial charge in [0.05, 0.1) is 26.2 Å². The monoisotopic (exact) mass is 696 g/mol. The third-order valence-corrected chi connectivity index (χ3v) is 9.29. The first-order valence-corrected chi connectivity index (χ1v) is 17.9. The first kappa shape index (κ1) is 36.1. The molecule has 0 bridgehead atoms. The number of ether oxygens (including phenoxy) is 2. The van der Waals surface area contributed by atoms with E-state index in [1.165, 1.54) is 59.3 Å². The van der Waals surface area contributed by atoms with Crippen LogP contribution >= 0.6 is 0 Å². The van der Waals surface area contributed by atoms with Gasteiger partial charge in [0.2, 0.25) is 0 Å². The molecule has 8 nitrogen and oxygen atoms in total. The summed E-state index contributed by atoms with van der Waals surface area (Å²) in [5, 5.41) is 19.0. The molecule has 8 rings (SSSR count). The third kappa shape index (κ3) is 9.96. The normalized spacial score (nSPS) is 17.8. The molecule has 0 saturated carbocycles. The number of carbonyl (C=O) groups excluding carboxylic acids is 2. The van der Waals surface area contributed by atoms with Crippen molar-refractivity contribution >= 4 is 35.2 Å². The van der Waals surface area contributed by atoms with Gasteiger partial charge in [0.1, 0.15) is 36.1 Å². The van der Waals surface area contributed by atoms with Crippen molar-refractivity contribution in [2.75, 3.05) is 39.3 Å². The fourth-order valence-electron chi connectivity index (χ4n) is 6.67. The summed E-state index contributed by atoms with van der Waals surface area (Å²) in [6.45, 7) is 6.72. The van der Waals surface area contributed by atoms with Crippen LogP contribution in [0, 0.1) is 0 Å². The summed E-state index contributed by atoms with van der Waals surface area (Å²) in [5.74, 6) is 1.08. The van der Waals surface area contributed by atoms with Gasteiger partial charge in [-0.25, -0.2) is 0 Å². The van der Waals surface area contributed by atoms with Crippen LogP contribution in [-0.4, -0.2) is 51.2 Å². The minimum atomic E-state index is -1.37. The fraction of sp³-hybridized carbons (Fsp3) is 0.227. The zero-order chi connectivity index (χ0) is 36.1. The van der Waals surface area contributed by atoms with E-state index >= 15 is 0 Å². The predicted molar refractivity (Wildman–Crippen MR) is 200 cm³/mol. The summed E-state index contributed by atoms with van der Waals surface area (Å²) in [6, 6.07) is 33.3. The van der Waals surface area contributed by atoms with Crippen LogP contribution < -0.4 is 29.5 Å². The highest BCUT2D eigenvalue weighted by Gasteiger charge is 2.22. The molecule has 0 spiro atoms. The number of para-hydroxylation sites is 4. The van der Waals surface area contributed by atoms with Crippen molar-refractivity contribution in [1.29, 1.82) is 0 Å². The van der Waals surface area contributed by atoms with Gasteiger partial charge < -0.3 is 39.1 Å². The number of carboxylic acid groups (broad SMARTS) is 2. The molecule has 2 unspecified atom stereocenters. The molecule has 266 valence electrons. The summed E-state index contributed by atoms with van der Waals surface area (Å²) < 4.78 is 12.3. The van der Waals surface area contributed by atoms with Crippen LogP contribution in [0.5, 0.6) is 23.0 Å². The van der Waals surface area contributed by atoms with Crippen molar-refractivity contribution < 1.29 is 39.1 Å². The average molecular weight is 697 g/mol. The van der Waals surface area contributed by atoms with Crippen LogP contribution in [0.4, 0.5) is 0 Å². The van der Waals surface area contributed by atoms with Gasteiger partial charge in [-0.3, -0.25) is 0 Å². The lowest BCUT2D eigenvalue weighted by molar-refractivity contribution is -0.887. The summed E-state index contributed by atoms with van der Waals surface area (Å²) in [7, 11) is 0. The van der Waals surface area contributed by atoms with Crippen molar-refractivity contribution in [2.24, 2.45) is 0 Å². The van der Waals surface area contributed by atoms with Crippen LogP contribution in [0.3, 0.4) is 0 Å². The van der Waals surface area contributed by atoms with E-state index in [0.717, 1.165) is 49.2 Å². The second-order valence-electron chi connectivity index (χ2n) is 13.1. The molecular weight excluding hydrogens is 652 g/mol. The van der Waals surface area contributed by atoms with Gasteiger partial charge in [0.25, 0.3) is 0 Å². The van der Waals surface area contributed by atoms with Crippen molar-refractivity contribution in [3.63, 3.8) is 0 Å². The predicted octanol–water partition coefficient (Wildman–Crippen LogP) is 3.62. The molecule has 2 atom stereocenters. The number of carboxylic acids is 2. The topological polar surface area (TPSA) is 108 Å². The molecule has 2 N–H and O–H groups in total. The Kier molecular flexibility index (Phi) is 12.5. The van der Waals surface area contributed by atoms with E-state index in [1.54, 1.807) is 9.80 Å². The standard InChI is InChI=1S/2C20H19NO.C4H6O4/c2*1-6-12-21(13-7-1)15-17-14-16-8-2-4-10-19(16)22-20-11-5-3-9-18(17)20;5-3(6)1-2-4(7)8/h2*1-6,8-11,14H,7,12-13,15H2;1-2H2,(H,5,6)(H,7,8). The highest BCUT2D eigenvalue weighted by atomic mass is 16.5. The second kappa shape index (κ2) is 18.0. The summed E-state index contributed by atoms with van der Waals surface area (Å²) in [5.41, 5.74) is 7.51. The quantitative estimate of drug-likeness (QED) is 0.286. The number of aliphatic carboxylic acids is 2. The molecule has 4 aromatic rings.